The van der Waals surface area contributed by atoms with E-state index in [2.05, 4.69) is 4.98 Å². The molecule has 1 aromatic heterocycles. The number of hydrogen-bond acceptors (Lipinski definition) is 3. The number of aromatic nitrogens is 2. The maximum Gasteiger partial charge on any atom is 0.141 e. The van der Waals surface area contributed by atoms with Crippen LogP contribution in [0.15, 0.2) is 30.9 Å². The molecule has 0 amide bonds. The van der Waals surface area contributed by atoms with Gasteiger partial charge in [-0.15, -0.1) is 0 Å². The minimum Gasteiger partial charge on any atom is -0.495 e. The van der Waals surface area contributed by atoms with Gasteiger partial charge in [-0.3, -0.25) is 0 Å². The van der Waals surface area contributed by atoms with Crippen molar-refractivity contribution in [3.8, 4) is 17.5 Å². The van der Waals surface area contributed by atoms with Crippen LogP contribution in [0, 0.1) is 17.1 Å². The van der Waals surface area contributed by atoms with Crippen molar-refractivity contribution in [2.45, 2.75) is 0 Å². The van der Waals surface area contributed by atoms with Crippen LogP contribution < -0.4 is 4.74 Å². The standard InChI is InChI=1S/C11H8FN3O/c1-16-11-5-8(12)4-10(9(11)6-13)15-3-2-14-7-15/h2-5,7H,1H3. The molecular formula is C11H8FN3O. The number of benzene rings is 1. The van der Waals surface area contributed by atoms with Crippen molar-refractivity contribution in [3.05, 3.63) is 42.2 Å². The zero-order valence-electron chi connectivity index (χ0n) is 8.51. The molecule has 1 aromatic carbocycles. The summed E-state index contributed by atoms with van der Waals surface area (Å²) in [6.07, 6.45) is 4.68. The van der Waals surface area contributed by atoms with Crippen molar-refractivity contribution in [2.75, 3.05) is 7.11 Å². The summed E-state index contributed by atoms with van der Waals surface area (Å²) in [5.41, 5.74) is 0.693. The first-order valence-electron chi connectivity index (χ1n) is 4.52. The van der Waals surface area contributed by atoms with Crippen LogP contribution in [0.1, 0.15) is 5.56 Å². The lowest BCUT2D eigenvalue weighted by molar-refractivity contribution is 0.409. The van der Waals surface area contributed by atoms with Crippen LogP contribution in [0.2, 0.25) is 0 Å². The fraction of sp³-hybridized carbons (Fsp3) is 0.0909. The Balaban J connectivity index is 2.69. The first kappa shape index (κ1) is 10.2. The molecule has 0 aliphatic heterocycles. The van der Waals surface area contributed by atoms with Gasteiger partial charge in [0.25, 0.3) is 0 Å². The van der Waals surface area contributed by atoms with E-state index >= 15 is 0 Å². The topological polar surface area (TPSA) is 50.8 Å². The van der Waals surface area contributed by atoms with Gasteiger partial charge in [0.15, 0.2) is 0 Å². The number of methoxy groups -OCH3 is 1. The lowest BCUT2D eigenvalue weighted by Gasteiger charge is -2.09. The maximum absolute atomic E-state index is 13.3. The van der Waals surface area contributed by atoms with E-state index in [9.17, 15) is 4.39 Å². The highest BCUT2D eigenvalue weighted by atomic mass is 19.1. The van der Waals surface area contributed by atoms with E-state index in [0.29, 0.717) is 5.69 Å². The highest BCUT2D eigenvalue weighted by molar-refractivity contribution is 5.57. The van der Waals surface area contributed by atoms with Gasteiger partial charge in [0.1, 0.15) is 23.2 Å². The van der Waals surface area contributed by atoms with Crippen molar-refractivity contribution in [3.63, 3.8) is 0 Å². The smallest absolute Gasteiger partial charge is 0.141 e. The fourth-order valence-electron chi connectivity index (χ4n) is 1.45. The molecule has 2 aromatic rings. The second-order valence-electron chi connectivity index (χ2n) is 3.08. The minimum atomic E-state index is -0.459. The summed E-state index contributed by atoms with van der Waals surface area (Å²) in [6, 6.07) is 4.44. The molecule has 2 rings (SSSR count). The number of ether oxygens (including phenoxy) is 1. The zero-order chi connectivity index (χ0) is 11.5. The van der Waals surface area contributed by atoms with E-state index in [4.69, 9.17) is 10.00 Å². The molecule has 0 fully saturated rings. The predicted molar refractivity (Wildman–Crippen MR) is 54.8 cm³/mol. The summed E-state index contributed by atoms with van der Waals surface area (Å²) in [7, 11) is 1.40. The zero-order valence-corrected chi connectivity index (χ0v) is 8.51. The number of nitrogens with zero attached hydrogens (tertiary/aromatic N) is 3. The van der Waals surface area contributed by atoms with E-state index in [1.54, 1.807) is 17.0 Å². The minimum absolute atomic E-state index is 0.214. The third-order valence-electron chi connectivity index (χ3n) is 2.16. The molecule has 0 bridgehead atoms. The monoisotopic (exact) mass is 217 g/mol. The second kappa shape index (κ2) is 4.03. The Morgan fingerprint density at radius 2 is 2.31 bits per heavy atom. The molecule has 4 nitrogen and oxygen atoms in total. The van der Waals surface area contributed by atoms with Crippen LogP contribution in [0.5, 0.6) is 5.75 Å². The second-order valence-corrected chi connectivity index (χ2v) is 3.08. The summed E-state index contributed by atoms with van der Waals surface area (Å²) in [6.45, 7) is 0. The molecule has 0 aliphatic carbocycles. The maximum atomic E-state index is 13.3. The number of hydrogen-bond donors (Lipinski definition) is 0. The Bertz CT molecular complexity index is 543. The van der Waals surface area contributed by atoms with Crippen LogP contribution in [0.4, 0.5) is 4.39 Å². The van der Waals surface area contributed by atoms with Crippen LogP contribution in [0.3, 0.4) is 0 Å². The van der Waals surface area contributed by atoms with Crippen LogP contribution >= 0.6 is 0 Å². The Hall–Kier alpha value is -2.35. The summed E-state index contributed by atoms with van der Waals surface area (Å²) in [5.74, 6) is -0.245. The number of halogens is 1. The molecule has 0 aliphatic rings. The lowest BCUT2D eigenvalue weighted by atomic mass is 10.1. The quantitative estimate of drug-likeness (QED) is 0.771. The summed E-state index contributed by atoms with van der Waals surface area (Å²) < 4.78 is 19.8. The summed E-state index contributed by atoms with van der Waals surface area (Å²) in [4.78, 5) is 3.85. The molecule has 0 spiro atoms. The lowest BCUT2D eigenvalue weighted by Crippen LogP contribution is -1.99. The van der Waals surface area contributed by atoms with Crippen LogP contribution in [-0.2, 0) is 0 Å². The normalized spacial score (nSPS) is 9.81. The van der Waals surface area contributed by atoms with Crippen molar-refractivity contribution in [1.29, 1.82) is 5.26 Å². The van der Waals surface area contributed by atoms with E-state index in [0.717, 1.165) is 0 Å². The molecule has 0 N–H and O–H groups in total. The molecule has 1 heterocycles. The molecule has 0 radical (unpaired) electrons. The molecule has 0 saturated heterocycles. The Morgan fingerprint density at radius 1 is 1.50 bits per heavy atom. The summed E-state index contributed by atoms with van der Waals surface area (Å²) in [5, 5.41) is 9.03. The first-order valence-corrected chi connectivity index (χ1v) is 4.52. The predicted octanol–water partition coefficient (Wildman–Crippen LogP) is 1.89. The molecule has 0 unspecified atom stereocenters. The average molecular weight is 217 g/mol. The first-order chi connectivity index (χ1) is 7.76. The van der Waals surface area contributed by atoms with Gasteiger partial charge in [-0.25, -0.2) is 9.37 Å². The van der Waals surface area contributed by atoms with Crippen LogP contribution in [0.25, 0.3) is 5.69 Å². The van der Waals surface area contributed by atoms with E-state index in [1.807, 2.05) is 6.07 Å². The van der Waals surface area contributed by atoms with Gasteiger partial charge < -0.3 is 9.30 Å². The van der Waals surface area contributed by atoms with Gasteiger partial charge in [-0.05, 0) is 6.07 Å². The highest BCUT2D eigenvalue weighted by Gasteiger charge is 2.12. The highest BCUT2D eigenvalue weighted by Crippen LogP contribution is 2.25. The van der Waals surface area contributed by atoms with Gasteiger partial charge in [0.05, 0.1) is 19.1 Å². The summed E-state index contributed by atoms with van der Waals surface area (Å²) >= 11 is 0. The van der Waals surface area contributed by atoms with Crippen molar-refractivity contribution < 1.29 is 9.13 Å². The molecule has 80 valence electrons. The Morgan fingerprint density at radius 3 is 2.88 bits per heavy atom. The van der Waals surface area contributed by atoms with Crippen molar-refractivity contribution in [2.24, 2.45) is 0 Å². The van der Waals surface area contributed by atoms with Gasteiger partial charge in [-0.1, -0.05) is 0 Å². The third kappa shape index (κ3) is 1.61. The molecule has 0 saturated carbocycles. The number of nitriles is 1. The van der Waals surface area contributed by atoms with Gasteiger partial charge in [0, 0.05) is 18.5 Å². The Kier molecular flexibility index (Phi) is 2.56. The third-order valence-corrected chi connectivity index (χ3v) is 2.16. The van der Waals surface area contributed by atoms with Gasteiger partial charge in [-0.2, -0.15) is 5.26 Å². The Labute approximate surface area is 91.5 Å². The van der Waals surface area contributed by atoms with Crippen molar-refractivity contribution in [1.82, 2.24) is 9.55 Å². The van der Waals surface area contributed by atoms with E-state index < -0.39 is 5.82 Å². The van der Waals surface area contributed by atoms with E-state index in [1.165, 1.54) is 25.6 Å². The van der Waals surface area contributed by atoms with Gasteiger partial charge >= 0.3 is 0 Å². The van der Waals surface area contributed by atoms with Crippen LogP contribution in [-0.4, -0.2) is 16.7 Å². The van der Waals surface area contributed by atoms with E-state index in [-0.39, 0.29) is 11.3 Å². The average Bonchev–Trinajstić information content (AvgIpc) is 2.81. The fourth-order valence-corrected chi connectivity index (χ4v) is 1.45. The number of rotatable bonds is 2. The van der Waals surface area contributed by atoms with Gasteiger partial charge in [0.2, 0.25) is 0 Å². The molecule has 5 heteroatoms. The molecule has 16 heavy (non-hydrogen) atoms. The number of imidazole rings is 1. The largest absolute Gasteiger partial charge is 0.495 e. The SMILES string of the molecule is COc1cc(F)cc(-n2ccnc2)c1C#N. The van der Waals surface area contributed by atoms with Crippen molar-refractivity contribution >= 4 is 0 Å². The molecular weight excluding hydrogens is 209 g/mol. The molecule has 0 atom stereocenters.